The van der Waals surface area contributed by atoms with E-state index in [4.69, 9.17) is 0 Å². The van der Waals surface area contributed by atoms with Gasteiger partial charge in [-0.2, -0.15) is 10.2 Å². The van der Waals surface area contributed by atoms with Crippen LogP contribution in [0.25, 0.3) is 22.4 Å². The van der Waals surface area contributed by atoms with Crippen LogP contribution in [0.4, 0.5) is 10.2 Å². The zero-order valence-corrected chi connectivity index (χ0v) is 16.7. The highest BCUT2D eigenvalue weighted by atomic mass is 35.5. The van der Waals surface area contributed by atoms with Crippen molar-refractivity contribution in [1.29, 1.82) is 0 Å². The summed E-state index contributed by atoms with van der Waals surface area (Å²) in [6.45, 7) is 1.41. The Hall–Kier alpha value is -3.59. The summed E-state index contributed by atoms with van der Waals surface area (Å²) in [5.41, 5.74) is 5.32. The predicted octanol–water partition coefficient (Wildman–Crippen LogP) is 3.20. The molecule has 0 saturated heterocycles. The van der Waals surface area contributed by atoms with Crippen molar-refractivity contribution in [1.82, 2.24) is 20.2 Å². The van der Waals surface area contributed by atoms with Crippen molar-refractivity contribution in [2.75, 3.05) is 5.32 Å². The molecule has 0 atom stereocenters. The standard InChI is InChI=1S/C20H17FN6O2.ClH/c1-12(28)23-17-10-14(8-9-22-17)16-11-27(18-6-7-19(29)25-24-18)26-20(16)13-2-4-15(21)5-3-13;/h2-5,8-11H,6-7H2,1H3,(H,25,29)(H,22,23,28);1H. The largest absolute Gasteiger partial charge is 0.311 e. The average molecular weight is 429 g/mol. The number of nitrogens with one attached hydrogen (secondary N) is 2. The monoisotopic (exact) mass is 428 g/mol. The summed E-state index contributed by atoms with van der Waals surface area (Å²) in [5.74, 6) is 0.293. The first-order chi connectivity index (χ1) is 14.0. The molecular formula is C20H18ClFN6O2. The van der Waals surface area contributed by atoms with Gasteiger partial charge in [0.2, 0.25) is 11.8 Å². The number of aromatic nitrogens is 3. The number of halogens is 2. The van der Waals surface area contributed by atoms with E-state index < -0.39 is 0 Å². The minimum atomic E-state index is -0.342. The molecule has 2 N–H and O–H groups in total. The Labute approximate surface area is 177 Å². The third-order valence-corrected chi connectivity index (χ3v) is 4.36. The van der Waals surface area contributed by atoms with Crippen molar-refractivity contribution < 1.29 is 14.0 Å². The summed E-state index contributed by atoms with van der Waals surface area (Å²) in [6.07, 6.45) is 4.15. The molecule has 0 unspecified atom stereocenters. The number of anilines is 1. The molecule has 30 heavy (non-hydrogen) atoms. The molecule has 2 aromatic heterocycles. The number of amides is 2. The second-order valence-electron chi connectivity index (χ2n) is 6.52. The second kappa shape index (κ2) is 8.83. The number of nitrogens with zero attached hydrogens (tertiary/aromatic N) is 4. The van der Waals surface area contributed by atoms with Crippen molar-refractivity contribution in [2.24, 2.45) is 5.10 Å². The van der Waals surface area contributed by atoms with Crippen molar-refractivity contribution in [2.45, 2.75) is 19.8 Å². The fourth-order valence-corrected chi connectivity index (χ4v) is 3.01. The van der Waals surface area contributed by atoms with Crippen LogP contribution in [0.5, 0.6) is 0 Å². The van der Waals surface area contributed by atoms with Crippen LogP contribution < -0.4 is 10.7 Å². The number of carbonyl (C=O) groups is 2. The summed E-state index contributed by atoms with van der Waals surface area (Å²) < 4.78 is 15.0. The van der Waals surface area contributed by atoms with Crippen LogP contribution in [-0.2, 0) is 9.59 Å². The van der Waals surface area contributed by atoms with E-state index >= 15 is 0 Å². The Morgan fingerprint density at radius 3 is 2.60 bits per heavy atom. The smallest absolute Gasteiger partial charge is 0.240 e. The number of hydrazone groups is 1. The molecule has 1 aliphatic heterocycles. The van der Waals surface area contributed by atoms with E-state index in [0.717, 1.165) is 16.7 Å². The highest BCUT2D eigenvalue weighted by Crippen LogP contribution is 2.32. The fraction of sp³-hybridized carbons (Fsp3) is 0.150. The molecular weight excluding hydrogens is 411 g/mol. The molecule has 154 valence electrons. The summed E-state index contributed by atoms with van der Waals surface area (Å²) in [4.78, 5) is 26.9. The topological polar surface area (TPSA) is 101 Å². The van der Waals surface area contributed by atoms with Crippen molar-refractivity contribution in [3.63, 3.8) is 0 Å². The van der Waals surface area contributed by atoms with Gasteiger partial charge in [0.1, 0.15) is 17.3 Å². The van der Waals surface area contributed by atoms with Gasteiger partial charge in [-0.25, -0.2) is 19.5 Å². The van der Waals surface area contributed by atoms with Gasteiger partial charge in [-0.05, 0) is 42.0 Å². The predicted molar refractivity (Wildman–Crippen MR) is 113 cm³/mol. The van der Waals surface area contributed by atoms with Crippen LogP contribution in [0, 0.1) is 5.82 Å². The number of hydrogen-bond donors (Lipinski definition) is 2. The molecule has 0 aliphatic carbocycles. The number of pyridine rings is 1. The van der Waals surface area contributed by atoms with Gasteiger partial charge in [0.05, 0.1) is 0 Å². The zero-order chi connectivity index (χ0) is 20.4. The Balaban J connectivity index is 0.00000256. The summed E-state index contributed by atoms with van der Waals surface area (Å²) in [5, 5.41) is 11.4. The maximum atomic E-state index is 13.4. The number of rotatable bonds is 3. The number of benzene rings is 1. The van der Waals surface area contributed by atoms with Gasteiger partial charge in [-0.15, -0.1) is 12.4 Å². The lowest BCUT2D eigenvalue weighted by Crippen LogP contribution is -2.29. The molecule has 0 radical (unpaired) electrons. The Morgan fingerprint density at radius 2 is 1.93 bits per heavy atom. The maximum absolute atomic E-state index is 13.4. The van der Waals surface area contributed by atoms with Crippen LogP contribution in [-0.4, -0.2) is 32.4 Å². The van der Waals surface area contributed by atoms with E-state index in [1.807, 2.05) is 0 Å². The Bertz CT molecular complexity index is 1130. The first-order valence-electron chi connectivity index (χ1n) is 8.95. The van der Waals surface area contributed by atoms with E-state index in [-0.39, 0.29) is 30.0 Å². The molecule has 8 nitrogen and oxygen atoms in total. The van der Waals surface area contributed by atoms with Crippen LogP contribution >= 0.6 is 12.4 Å². The minimum absolute atomic E-state index is 0. The average Bonchev–Trinajstić information content (AvgIpc) is 3.14. The molecule has 0 spiro atoms. The van der Waals surface area contributed by atoms with E-state index in [0.29, 0.717) is 30.2 Å². The maximum Gasteiger partial charge on any atom is 0.240 e. The van der Waals surface area contributed by atoms with Crippen molar-refractivity contribution >= 4 is 35.9 Å². The third-order valence-electron chi connectivity index (χ3n) is 4.36. The van der Waals surface area contributed by atoms with Gasteiger partial charge < -0.3 is 5.32 Å². The van der Waals surface area contributed by atoms with Gasteiger partial charge in [0.15, 0.2) is 5.84 Å². The molecule has 4 rings (SSSR count). The van der Waals surface area contributed by atoms with E-state index in [1.54, 1.807) is 41.3 Å². The summed E-state index contributed by atoms with van der Waals surface area (Å²) >= 11 is 0. The first kappa shape index (κ1) is 21.1. The SMILES string of the molecule is CC(=O)Nc1cc(-c2cn(C3=NNC(=O)CC3)nc2-c2ccc(F)cc2)ccn1.Cl. The summed E-state index contributed by atoms with van der Waals surface area (Å²) in [6, 6.07) is 9.56. The van der Waals surface area contributed by atoms with Gasteiger partial charge in [0, 0.05) is 43.3 Å². The molecule has 3 heterocycles. The minimum Gasteiger partial charge on any atom is -0.311 e. The third kappa shape index (κ3) is 4.52. The second-order valence-corrected chi connectivity index (χ2v) is 6.52. The number of carbonyl (C=O) groups excluding carboxylic acids is 2. The zero-order valence-electron chi connectivity index (χ0n) is 15.9. The molecule has 1 aromatic carbocycles. The van der Waals surface area contributed by atoms with E-state index in [2.05, 4.69) is 25.9 Å². The van der Waals surface area contributed by atoms with Gasteiger partial charge >= 0.3 is 0 Å². The fourth-order valence-electron chi connectivity index (χ4n) is 3.01. The van der Waals surface area contributed by atoms with Crippen molar-refractivity contribution in [3.05, 3.63) is 54.6 Å². The highest BCUT2D eigenvalue weighted by molar-refractivity contribution is 5.94. The molecule has 3 aromatic rings. The first-order valence-corrected chi connectivity index (χ1v) is 8.95. The summed E-state index contributed by atoms with van der Waals surface area (Å²) in [7, 11) is 0. The van der Waals surface area contributed by atoms with Crippen LogP contribution in [0.3, 0.4) is 0 Å². The van der Waals surface area contributed by atoms with Gasteiger partial charge in [0.25, 0.3) is 0 Å². The Morgan fingerprint density at radius 1 is 1.17 bits per heavy atom. The molecule has 2 amide bonds. The van der Waals surface area contributed by atoms with Crippen LogP contribution in [0.1, 0.15) is 19.8 Å². The lowest BCUT2D eigenvalue weighted by atomic mass is 10.0. The lowest BCUT2D eigenvalue weighted by Gasteiger charge is -2.11. The Kier molecular flexibility index (Phi) is 6.22. The van der Waals surface area contributed by atoms with Crippen LogP contribution in [0.2, 0.25) is 0 Å². The lowest BCUT2D eigenvalue weighted by molar-refractivity contribution is -0.121. The molecule has 10 heteroatoms. The normalized spacial score (nSPS) is 13.1. The van der Waals surface area contributed by atoms with E-state index in [9.17, 15) is 14.0 Å². The molecule has 0 saturated carbocycles. The van der Waals surface area contributed by atoms with Crippen molar-refractivity contribution in [3.8, 4) is 22.4 Å². The quantitative estimate of drug-likeness (QED) is 0.668. The van der Waals surface area contributed by atoms with Gasteiger partial charge in [-0.1, -0.05) is 0 Å². The number of hydrogen-bond acceptors (Lipinski definition) is 5. The molecule has 0 bridgehead atoms. The van der Waals surface area contributed by atoms with E-state index in [1.165, 1.54) is 19.1 Å². The molecule has 0 fully saturated rings. The van der Waals surface area contributed by atoms with Gasteiger partial charge in [-0.3, -0.25) is 9.59 Å². The highest BCUT2D eigenvalue weighted by Gasteiger charge is 2.19. The van der Waals surface area contributed by atoms with Crippen LogP contribution in [0.15, 0.2) is 53.9 Å². The molecule has 1 aliphatic rings.